The second-order valence-corrected chi connectivity index (χ2v) is 3.63. The van der Waals surface area contributed by atoms with Gasteiger partial charge in [0.15, 0.2) is 0 Å². The second kappa shape index (κ2) is 7.25. The van der Waals surface area contributed by atoms with Gasteiger partial charge in [0, 0.05) is 25.7 Å². The van der Waals surface area contributed by atoms with Crippen LogP contribution in [0.5, 0.6) is 0 Å². The van der Waals surface area contributed by atoms with Gasteiger partial charge in [0.2, 0.25) is 0 Å². The zero-order chi connectivity index (χ0) is 11.3. The Labute approximate surface area is 103 Å². The van der Waals surface area contributed by atoms with E-state index in [0.29, 0.717) is 6.54 Å². The summed E-state index contributed by atoms with van der Waals surface area (Å²) in [5.41, 5.74) is 7.26. The van der Waals surface area contributed by atoms with Crippen molar-refractivity contribution in [1.82, 2.24) is 4.90 Å². The third-order valence-electron chi connectivity index (χ3n) is 2.34. The van der Waals surface area contributed by atoms with E-state index >= 15 is 0 Å². The van der Waals surface area contributed by atoms with E-state index in [2.05, 4.69) is 6.92 Å². The normalized spacial score (nSPS) is 9.44. The highest BCUT2D eigenvalue weighted by atomic mass is 35.5. The lowest BCUT2D eigenvalue weighted by molar-refractivity contribution is 0.0795. The third kappa shape index (κ3) is 3.83. The summed E-state index contributed by atoms with van der Waals surface area (Å²) in [6, 6.07) is 7.45. The van der Waals surface area contributed by atoms with Crippen molar-refractivity contribution in [2.75, 3.05) is 13.6 Å². The smallest absolute Gasteiger partial charge is 0.253 e. The lowest BCUT2D eigenvalue weighted by atomic mass is 10.1. The maximum Gasteiger partial charge on any atom is 0.253 e. The van der Waals surface area contributed by atoms with Crippen LogP contribution in [0.2, 0.25) is 0 Å². The predicted molar refractivity (Wildman–Crippen MR) is 68.8 cm³/mol. The SMILES string of the molecule is CCCN(C)C(=O)c1ccc(CN)cc1.Cl. The van der Waals surface area contributed by atoms with Gasteiger partial charge in [-0.1, -0.05) is 19.1 Å². The zero-order valence-corrected chi connectivity index (χ0v) is 10.6. The van der Waals surface area contributed by atoms with Crippen molar-refractivity contribution < 1.29 is 4.79 Å². The zero-order valence-electron chi connectivity index (χ0n) is 9.77. The molecule has 1 aromatic rings. The molecule has 0 aliphatic carbocycles. The summed E-state index contributed by atoms with van der Waals surface area (Å²) in [6.07, 6.45) is 0.975. The van der Waals surface area contributed by atoms with E-state index in [1.807, 2.05) is 31.3 Å². The molecule has 4 heteroatoms. The molecule has 2 N–H and O–H groups in total. The average molecular weight is 243 g/mol. The second-order valence-electron chi connectivity index (χ2n) is 3.63. The maximum atomic E-state index is 11.8. The number of carbonyl (C=O) groups excluding carboxylic acids is 1. The molecule has 0 spiro atoms. The number of hydrogen-bond donors (Lipinski definition) is 1. The summed E-state index contributed by atoms with van der Waals surface area (Å²) in [5, 5.41) is 0. The van der Waals surface area contributed by atoms with Gasteiger partial charge in [0.1, 0.15) is 0 Å². The van der Waals surface area contributed by atoms with Crippen LogP contribution in [0.1, 0.15) is 29.3 Å². The van der Waals surface area contributed by atoms with Crippen molar-refractivity contribution in [3.63, 3.8) is 0 Å². The van der Waals surface area contributed by atoms with E-state index in [4.69, 9.17) is 5.73 Å². The molecule has 0 heterocycles. The van der Waals surface area contributed by atoms with Gasteiger partial charge in [0.25, 0.3) is 5.91 Å². The van der Waals surface area contributed by atoms with Crippen LogP contribution in [0.3, 0.4) is 0 Å². The van der Waals surface area contributed by atoms with Gasteiger partial charge in [0.05, 0.1) is 0 Å². The Kier molecular flexibility index (Phi) is 6.77. The minimum atomic E-state index is 0. The summed E-state index contributed by atoms with van der Waals surface area (Å²) in [5.74, 6) is 0.0698. The number of nitrogens with two attached hydrogens (primary N) is 1. The first-order chi connectivity index (χ1) is 7.19. The first kappa shape index (κ1) is 14.9. The molecule has 0 radical (unpaired) electrons. The highest BCUT2D eigenvalue weighted by Crippen LogP contribution is 2.06. The molecule has 90 valence electrons. The lowest BCUT2D eigenvalue weighted by Gasteiger charge is -2.16. The maximum absolute atomic E-state index is 11.8. The first-order valence-electron chi connectivity index (χ1n) is 5.23. The van der Waals surface area contributed by atoms with Crippen molar-refractivity contribution in [2.24, 2.45) is 5.73 Å². The summed E-state index contributed by atoms with van der Waals surface area (Å²) in [4.78, 5) is 13.6. The number of hydrogen-bond acceptors (Lipinski definition) is 2. The summed E-state index contributed by atoms with van der Waals surface area (Å²) >= 11 is 0. The van der Waals surface area contributed by atoms with Gasteiger partial charge < -0.3 is 10.6 Å². The lowest BCUT2D eigenvalue weighted by Crippen LogP contribution is -2.27. The minimum Gasteiger partial charge on any atom is -0.342 e. The number of nitrogens with zero attached hydrogens (tertiary/aromatic N) is 1. The fourth-order valence-corrected chi connectivity index (χ4v) is 1.44. The molecule has 0 unspecified atom stereocenters. The molecule has 3 nitrogen and oxygen atoms in total. The quantitative estimate of drug-likeness (QED) is 0.879. The largest absolute Gasteiger partial charge is 0.342 e. The van der Waals surface area contributed by atoms with Crippen LogP contribution in [0.4, 0.5) is 0 Å². The van der Waals surface area contributed by atoms with E-state index < -0.39 is 0 Å². The minimum absolute atomic E-state index is 0. The van der Waals surface area contributed by atoms with Gasteiger partial charge in [-0.2, -0.15) is 0 Å². The monoisotopic (exact) mass is 242 g/mol. The van der Waals surface area contributed by atoms with Crippen LogP contribution < -0.4 is 5.73 Å². The van der Waals surface area contributed by atoms with Gasteiger partial charge in [-0.05, 0) is 24.1 Å². The molecular weight excluding hydrogens is 224 g/mol. The summed E-state index contributed by atoms with van der Waals surface area (Å²) in [6.45, 7) is 3.36. The van der Waals surface area contributed by atoms with Crippen LogP contribution in [-0.4, -0.2) is 24.4 Å². The molecule has 16 heavy (non-hydrogen) atoms. The van der Waals surface area contributed by atoms with Crippen molar-refractivity contribution in [2.45, 2.75) is 19.9 Å². The van der Waals surface area contributed by atoms with Gasteiger partial charge in [-0.3, -0.25) is 4.79 Å². The fourth-order valence-electron chi connectivity index (χ4n) is 1.44. The fraction of sp³-hybridized carbons (Fsp3) is 0.417. The predicted octanol–water partition coefficient (Wildman–Crippen LogP) is 2.05. The molecule has 0 fully saturated rings. The van der Waals surface area contributed by atoms with Gasteiger partial charge in [-0.25, -0.2) is 0 Å². The van der Waals surface area contributed by atoms with Crippen LogP contribution >= 0.6 is 12.4 Å². The van der Waals surface area contributed by atoms with E-state index in [-0.39, 0.29) is 18.3 Å². The first-order valence-corrected chi connectivity index (χ1v) is 5.23. The van der Waals surface area contributed by atoms with Crippen molar-refractivity contribution in [1.29, 1.82) is 0 Å². The topological polar surface area (TPSA) is 46.3 Å². The molecule has 1 amide bonds. The molecule has 1 rings (SSSR count). The number of benzene rings is 1. The number of halogens is 1. The van der Waals surface area contributed by atoms with E-state index in [0.717, 1.165) is 24.1 Å². The Hall–Kier alpha value is -1.06. The Morgan fingerprint density at radius 3 is 2.31 bits per heavy atom. The van der Waals surface area contributed by atoms with Crippen molar-refractivity contribution in [3.8, 4) is 0 Å². The van der Waals surface area contributed by atoms with Crippen LogP contribution in [0.25, 0.3) is 0 Å². The van der Waals surface area contributed by atoms with Crippen LogP contribution in [-0.2, 0) is 6.54 Å². The number of rotatable bonds is 4. The van der Waals surface area contributed by atoms with Gasteiger partial charge in [-0.15, -0.1) is 12.4 Å². The molecule has 0 atom stereocenters. The molecule has 0 aromatic heterocycles. The Bertz CT molecular complexity index is 324. The molecule has 0 aliphatic heterocycles. The third-order valence-corrected chi connectivity index (χ3v) is 2.34. The van der Waals surface area contributed by atoms with Crippen LogP contribution in [0.15, 0.2) is 24.3 Å². The molecular formula is C12H19ClN2O. The highest BCUT2D eigenvalue weighted by Gasteiger charge is 2.09. The molecule has 0 saturated carbocycles. The Morgan fingerprint density at radius 1 is 1.31 bits per heavy atom. The number of amides is 1. The molecule has 0 saturated heterocycles. The molecule has 0 aliphatic rings. The van der Waals surface area contributed by atoms with E-state index in [1.54, 1.807) is 4.90 Å². The number of carbonyl (C=O) groups is 1. The van der Waals surface area contributed by atoms with Crippen molar-refractivity contribution >= 4 is 18.3 Å². The Balaban J connectivity index is 0.00000225. The summed E-state index contributed by atoms with van der Waals surface area (Å²) < 4.78 is 0. The van der Waals surface area contributed by atoms with Crippen LogP contribution in [0, 0.1) is 0 Å². The molecule has 0 bridgehead atoms. The van der Waals surface area contributed by atoms with E-state index in [1.165, 1.54) is 0 Å². The molecule has 1 aromatic carbocycles. The van der Waals surface area contributed by atoms with E-state index in [9.17, 15) is 4.79 Å². The summed E-state index contributed by atoms with van der Waals surface area (Å²) in [7, 11) is 1.82. The Morgan fingerprint density at radius 2 is 1.88 bits per heavy atom. The van der Waals surface area contributed by atoms with Gasteiger partial charge >= 0.3 is 0 Å². The standard InChI is InChI=1S/C12H18N2O.ClH/c1-3-8-14(2)12(15)11-6-4-10(9-13)5-7-11;/h4-7H,3,8-9,13H2,1-2H3;1H. The average Bonchev–Trinajstić information content (AvgIpc) is 2.28. The highest BCUT2D eigenvalue weighted by molar-refractivity contribution is 5.94. The van der Waals surface area contributed by atoms with Crippen molar-refractivity contribution in [3.05, 3.63) is 35.4 Å².